The molecule has 1 amide bonds. The standard InChI is InChI=1S/C24H29N3O3S2/c1-4-11-27(32(29,30)21-8-5-18(2)6-9-21)20-7-10-22-19(16-20)17-23(31-22)24(28)26-14-12-25(3)13-15-26/h5-10,16-17H,4,11-15H2,1-3H3. The molecular weight excluding hydrogens is 442 g/mol. The zero-order chi connectivity index (χ0) is 22.9. The van der Waals surface area contributed by atoms with Gasteiger partial charge >= 0.3 is 0 Å². The molecule has 1 aromatic heterocycles. The van der Waals surface area contributed by atoms with Gasteiger partial charge in [0.25, 0.3) is 15.9 Å². The number of carbonyl (C=O) groups excluding carboxylic acids is 1. The van der Waals surface area contributed by atoms with Crippen LogP contribution in [0.1, 0.15) is 28.6 Å². The van der Waals surface area contributed by atoms with Crippen molar-refractivity contribution in [1.29, 1.82) is 0 Å². The molecule has 0 spiro atoms. The number of hydrogen-bond donors (Lipinski definition) is 0. The van der Waals surface area contributed by atoms with Crippen LogP contribution in [0.4, 0.5) is 5.69 Å². The quantitative estimate of drug-likeness (QED) is 0.541. The van der Waals surface area contributed by atoms with E-state index in [1.165, 1.54) is 15.6 Å². The van der Waals surface area contributed by atoms with Crippen molar-refractivity contribution in [2.45, 2.75) is 25.2 Å². The molecule has 0 radical (unpaired) electrons. The smallest absolute Gasteiger partial charge is 0.264 e. The summed E-state index contributed by atoms with van der Waals surface area (Å²) < 4.78 is 29.2. The lowest BCUT2D eigenvalue weighted by atomic mass is 10.2. The fraction of sp³-hybridized carbons (Fsp3) is 0.375. The van der Waals surface area contributed by atoms with E-state index in [-0.39, 0.29) is 10.8 Å². The molecule has 8 heteroatoms. The summed E-state index contributed by atoms with van der Waals surface area (Å²) in [6.45, 7) is 7.51. The zero-order valence-corrected chi connectivity index (χ0v) is 20.4. The van der Waals surface area contributed by atoms with Crippen LogP contribution in [0.25, 0.3) is 10.1 Å². The van der Waals surface area contributed by atoms with Crippen molar-refractivity contribution >= 4 is 43.0 Å². The molecule has 0 aliphatic carbocycles. The second kappa shape index (κ2) is 9.21. The first-order valence-electron chi connectivity index (χ1n) is 10.9. The number of aryl methyl sites for hydroxylation is 1. The Morgan fingerprint density at radius 1 is 1.03 bits per heavy atom. The first-order valence-corrected chi connectivity index (χ1v) is 13.2. The highest BCUT2D eigenvalue weighted by atomic mass is 32.2. The van der Waals surface area contributed by atoms with Crippen molar-refractivity contribution in [2.75, 3.05) is 44.1 Å². The molecule has 1 fully saturated rings. The summed E-state index contributed by atoms with van der Waals surface area (Å²) in [7, 11) is -1.61. The van der Waals surface area contributed by atoms with Crippen molar-refractivity contribution < 1.29 is 13.2 Å². The van der Waals surface area contributed by atoms with E-state index < -0.39 is 10.0 Å². The number of likely N-dealkylation sites (N-methyl/N-ethyl adjacent to an activating group) is 1. The Balaban J connectivity index is 1.65. The van der Waals surface area contributed by atoms with E-state index in [9.17, 15) is 13.2 Å². The number of hydrogen-bond acceptors (Lipinski definition) is 5. The molecule has 0 bridgehead atoms. The molecule has 0 unspecified atom stereocenters. The number of anilines is 1. The van der Waals surface area contributed by atoms with Gasteiger partial charge in [0.15, 0.2) is 0 Å². The van der Waals surface area contributed by atoms with E-state index in [0.717, 1.165) is 41.8 Å². The summed E-state index contributed by atoms with van der Waals surface area (Å²) in [5.74, 6) is 0.0542. The maximum absolute atomic E-state index is 13.4. The van der Waals surface area contributed by atoms with Crippen LogP contribution in [-0.4, -0.2) is 63.9 Å². The van der Waals surface area contributed by atoms with Crippen molar-refractivity contribution in [3.63, 3.8) is 0 Å². The molecule has 6 nitrogen and oxygen atoms in total. The molecule has 3 aromatic rings. The minimum absolute atomic E-state index is 0.0542. The number of carbonyl (C=O) groups is 1. The average Bonchev–Trinajstić information content (AvgIpc) is 3.21. The van der Waals surface area contributed by atoms with Crippen LogP contribution in [0.2, 0.25) is 0 Å². The van der Waals surface area contributed by atoms with Crippen LogP contribution >= 0.6 is 11.3 Å². The average molecular weight is 472 g/mol. The predicted octanol–water partition coefficient (Wildman–Crippen LogP) is 4.20. The highest BCUT2D eigenvalue weighted by Gasteiger charge is 2.26. The third-order valence-corrected chi connectivity index (χ3v) is 8.77. The van der Waals surface area contributed by atoms with Gasteiger partial charge in [-0.3, -0.25) is 9.10 Å². The molecule has 1 aliphatic heterocycles. The lowest BCUT2D eigenvalue weighted by Crippen LogP contribution is -2.46. The third-order valence-electron chi connectivity index (χ3n) is 5.82. The Morgan fingerprint density at radius 3 is 2.38 bits per heavy atom. The number of nitrogens with zero attached hydrogens (tertiary/aromatic N) is 3. The second-order valence-corrected chi connectivity index (χ2v) is 11.3. The van der Waals surface area contributed by atoms with Gasteiger partial charge in [0.2, 0.25) is 0 Å². The Morgan fingerprint density at radius 2 is 1.72 bits per heavy atom. The lowest BCUT2D eigenvalue weighted by Gasteiger charge is -2.32. The highest BCUT2D eigenvalue weighted by Crippen LogP contribution is 2.32. The molecule has 4 rings (SSSR count). The van der Waals surface area contributed by atoms with Gasteiger partial charge < -0.3 is 9.80 Å². The van der Waals surface area contributed by atoms with Gasteiger partial charge in [0.1, 0.15) is 0 Å². The predicted molar refractivity (Wildman–Crippen MR) is 131 cm³/mol. The van der Waals surface area contributed by atoms with Gasteiger partial charge in [-0.15, -0.1) is 11.3 Å². The monoisotopic (exact) mass is 471 g/mol. The van der Waals surface area contributed by atoms with Gasteiger partial charge in [0.05, 0.1) is 15.5 Å². The Hall–Kier alpha value is -2.42. The van der Waals surface area contributed by atoms with E-state index in [0.29, 0.717) is 23.5 Å². The molecule has 2 aromatic carbocycles. The maximum atomic E-state index is 13.4. The van der Waals surface area contributed by atoms with Crippen molar-refractivity contribution in [2.24, 2.45) is 0 Å². The van der Waals surface area contributed by atoms with Gasteiger partial charge in [-0.2, -0.15) is 0 Å². The van der Waals surface area contributed by atoms with Crippen LogP contribution in [0.3, 0.4) is 0 Å². The number of benzene rings is 2. The van der Waals surface area contributed by atoms with Crippen LogP contribution in [0.5, 0.6) is 0 Å². The first-order chi connectivity index (χ1) is 15.3. The Kier molecular flexibility index (Phi) is 6.55. The molecular formula is C24H29N3O3S2. The van der Waals surface area contributed by atoms with E-state index in [2.05, 4.69) is 11.9 Å². The van der Waals surface area contributed by atoms with E-state index in [4.69, 9.17) is 0 Å². The fourth-order valence-corrected chi connectivity index (χ4v) is 6.44. The summed E-state index contributed by atoms with van der Waals surface area (Å²) in [5.41, 5.74) is 1.64. The summed E-state index contributed by atoms with van der Waals surface area (Å²) >= 11 is 1.47. The minimum atomic E-state index is -3.68. The van der Waals surface area contributed by atoms with Gasteiger partial charge in [-0.05, 0) is 62.2 Å². The third kappa shape index (κ3) is 4.53. The van der Waals surface area contributed by atoms with Crippen molar-refractivity contribution in [3.05, 3.63) is 59.0 Å². The molecule has 1 aliphatic rings. The van der Waals surface area contributed by atoms with Gasteiger partial charge in [-0.25, -0.2) is 8.42 Å². The fourth-order valence-electron chi connectivity index (χ4n) is 3.89. The maximum Gasteiger partial charge on any atom is 0.264 e. The van der Waals surface area contributed by atoms with Crippen LogP contribution < -0.4 is 4.31 Å². The van der Waals surface area contributed by atoms with Crippen LogP contribution in [-0.2, 0) is 10.0 Å². The molecule has 0 saturated carbocycles. The molecule has 32 heavy (non-hydrogen) atoms. The van der Waals surface area contributed by atoms with Gasteiger partial charge in [0, 0.05) is 37.4 Å². The first kappa shape index (κ1) is 22.8. The normalized spacial score (nSPS) is 15.3. The SMILES string of the molecule is CCCN(c1ccc2sc(C(=O)N3CCN(C)CC3)cc2c1)S(=O)(=O)c1ccc(C)cc1. The largest absolute Gasteiger partial charge is 0.335 e. The topological polar surface area (TPSA) is 60.9 Å². The second-order valence-electron chi connectivity index (χ2n) is 8.32. The number of thiophene rings is 1. The van der Waals surface area contributed by atoms with Crippen molar-refractivity contribution in [3.8, 4) is 0 Å². The number of sulfonamides is 1. The van der Waals surface area contributed by atoms with Crippen LogP contribution in [0.15, 0.2) is 53.4 Å². The number of rotatable bonds is 6. The summed E-state index contributed by atoms with van der Waals surface area (Å²) in [4.78, 5) is 18.1. The van der Waals surface area contributed by atoms with Crippen LogP contribution in [0, 0.1) is 6.92 Å². The Bertz CT molecular complexity index is 1210. The number of fused-ring (bicyclic) bond motifs is 1. The number of amides is 1. The van der Waals surface area contributed by atoms with E-state index >= 15 is 0 Å². The number of piperazine rings is 1. The van der Waals surface area contributed by atoms with Gasteiger partial charge in [-0.1, -0.05) is 24.6 Å². The van der Waals surface area contributed by atoms with E-state index in [1.54, 1.807) is 12.1 Å². The molecule has 170 valence electrons. The highest BCUT2D eigenvalue weighted by molar-refractivity contribution is 7.92. The molecule has 0 atom stereocenters. The molecule has 0 N–H and O–H groups in total. The molecule has 1 saturated heterocycles. The minimum Gasteiger partial charge on any atom is -0.335 e. The summed E-state index contributed by atoms with van der Waals surface area (Å²) in [6.07, 6.45) is 0.694. The Labute approximate surface area is 194 Å². The lowest BCUT2D eigenvalue weighted by molar-refractivity contribution is 0.0669. The zero-order valence-electron chi connectivity index (χ0n) is 18.7. The van der Waals surface area contributed by atoms with E-state index in [1.807, 2.05) is 55.1 Å². The van der Waals surface area contributed by atoms with Crippen molar-refractivity contribution in [1.82, 2.24) is 9.80 Å². The molecule has 2 heterocycles. The summed E-state index contributed by atoms with van der Waals surface area (Å²) in [6, 6.07) is 14.5. The summed E-state index contributed by atoms with van der Waals surface area (Å²) in [5, 5.41) is 0.894.